The highest BCUT2D eigenvalue weighted by Crippen LogP contribution is 2.25. The number of likely N-dealkylation sites (N-methyl/N-ethyl adjacent to an activating group) is 1. The number of rotatable bonds is 11. The van der Waals surface area contributed by atoms with Crippen LogP contribution in [0.2, 0.25) is 0 Å². The van der Waals surface area contributed by atoms with Crippen LogP contribution in [0, 0.1) is 25.2 Å². The van der Waals surface area contributed by atoms with Crippen LogP contribution in [-0.4, -0.2) is 42.5 Å². The molecule has 7 heteroatoms. The lowest BCUT2D eigenvalue weighted by Crippen LogP contribution is -2.54. The molecule has 1 aromatic carbocycles. The summed E-state index contributed by atoms with van der Waals surface area (Å²) in [6.07, 6.45) is 5.53. The van der Waals surface area contributed by atoms with E-state index in [9.17, 15) is 9.59 Å². The number of pyridine rings is 1. The van der Waals surface area contributed by atoms with E-state index in [1.54, 1.807) is 19.4 Å². The third-order valence-corrected chi connectivity index (χ3v) is 5.40. The minimum atomic E-state index is -0.788. The summed E-state index contributed by atoms with van der Waals surface area (Å²) in [4.78, 5) is 30.3. The summed E-state index contributed by atoms with van der Waals surface area (Å²) in [6, 6.07) is 10.5. The van der Waals surface area contributed by atoms with E-state index < -0.39 is 12.1 Å². The van der Waals surface area contributed by atoms with Gasteiger partial charge in [0.15, 0.2) is 0 Å². The monoisotopic (exact) mass is 435 g/mol. The first kappa shape index (κ1) is 25.0. The zero-order chi connectivity index (χ0) is 23.5. The average molecular weight is 436 g/mol. The number of aromatic nitrogens is 1. The van der Waals surface area contributed by atoms with Crippen LogP contribution in [0.3, 0.4) is 0 Å². The lowest BCUT2D eigenvalue weighted by Gasteiger charge is -2.28. The van der Waals surface area contributed by atoms with Crippen LogP contribution in [0.4, 0.5) is 0 Å². The normalized spacial score (nSPS) is 13.5. The predicted octanol–water partition coefficient (Wildman–Crippen LogP) is 2.54. The number of amides is 2. The number of nitriles is 1. The van der Waals surface area contributed by atoms with Gasteiger partial charge in [0.1, 0.15) is 12.6 Å². The first-order valence-electron chi connectivity index (χ1n) is 11.0. The number of aryl methyl sites for hydroxylation is 2. The maximum Gasteiger partial charge on any atom is 0.243 e. The van der Waals surface area contributed by atoms with Crippen molar-refractivity contribution in [3.05, 3.63) is 65.0 Å². The Hall–Kier alpha value is -3.24. The number of carbonyl (C=O) groups excluding carboxylic acids is 2. The van der Waals surface area contributed by atoms with Crippen LogP contribution >= 0.6 is 0 Å². The third kappa shape index (κ3) is 7.17. The van der Waals surface area contributed by atoms with Crippen LogP contribution in [0.25, 0.3) is 0 Å². The fourth-order valence-electron chi connectivity index (χ4n) is 4.09. The number of nitrogens with zero attached hydrogens (tertiary/aromatic N) is 2. The smallest absolute Gasteiger partial charge is 0.243 e. The number of hydrogen-bond acceptors (Lipinski definition) is 5. The minimum absolute atomic E-state index is 0.0808. The molecule has 3 atom stereocenters. The van der Waals surface area contributed by atoms with Gasteiger partial charge in [0.2, 0.25) is 11.8 Å². The highest BCUT2D eigenvalue weighted by atomic mass is 16.2. The van der Waals surface area contributed by atoms with Crippen molar-refractivity contribution in [2.24, 2.45) is 0 Å². The van der Waals surface area contributed by atoms with Crippen LogP contribution in [0.1, 0.15) is 47.9 Å². The fraction of sp³-hybridized carbons (Fsp3) is 0.440. The minimum Gasteiger partial charge on any atom is -0.343 e. The van der Waals surface area contributed by atoms with Crippen molar-refractivity contribution in [3.8, 4) is 6.07 Å². The van der Waals surface area contributed by atoms with E-state index in [1.807, 2.05) is 44.2 Å². The number of carbonyl (C=O) groups is 2. The molecule has 2 rings (SSSR count). The highest BCUT2D eigenvalue weighted by Gasteiger charge is 2.31. The molecule has 7 nitrogen and oxygen atoms in total. The van der Waals surface area contributed by atoms with Gasteiger partial charge in [0.25, 0.3) is 0 Å². The molecule has 0 saturated carbocycles. The average Bonchev–Trinajstić information content (AvgIpc) is 2.76. The highest BCUT2D eigenvalue weighted by molar-refractivity contribution is 5.90. The molecule has 3 N–H and O–H groups in total. The molecule has 3 unspecified atom stereocenters. The van der Waals surface area contributed by atoms with Gasteiger partial charge in [-0.25, -0.2) is 0 Å². The quantitative estimate of drug-likeness (QED) is 0.470. The van der Waals surface area contributed by atoms with E-state index in [1.165, 1.54) is 0 Å². The maximum atomic E-state index is 13.3. The molecule has 0 saturated heterocycles. The fourth-order valence-corrected chi connectivity index (χ4v) is 4.09. The first-order chi connectivity index (χ1) is 15.4. The van der Waals surface area contributed by atoms with Crippen LogP contribution < -0.4 is 16.0 Å². The standard InChI is InChI=1S/C25H33N5O2/c1-5-7-21(20-8-6-10-28-16-20)23(27-4)25(32)30-22(24(31)29-11-9-26)15-19-13-17(2)12-18(3)14-19/h6,8,10,12-14,16,21-23,27H,5,7,11,15H2,1-4H3,(H,29,31)(H,30,32). The first-order valence-corrected chi connectivity index (χ1v) is 11.0. The van der Waals surface area contributed by atoms with Gasteiger partial charge in [-0.3, -0.25) is 14.6 Å². The van der Waals surface area contributed by atoms with Crippen LogP contribution in [0.15, 0.2) is 42.7 Å². The lowest BCUT2D eigenvalue weighted by molar-refractivity contribution is -0.130. The van der Waals surface area contributed by atoms with Gasteiger partial charge in [-0.2, -0.15) is 5.26 Å². The van der Waals surface area contributed by atoms with Gasteiger partial charge in [0.05, 0.1) is 12.1 Å². The number of hydrogen-bond donors (Lipinski definition) is 3. The van der Waals surface area contributed by atoms with Crippen molar-refractivity contribution in [2.45, 2.75) is 58.0 Å². The SMILES string of the molecule is CCCC(c1cccnc1)C(NC)C(=O)NC(Cc1cc(C)cc(C)c1)C(=O)NCC#N. The summed E-state index contributed by atoms with van der Waals surface area (Å²) in [6.45, 7) is 5.97. The number of nitrogens with one attached hydrogen (secondary N) is 3. The molecule has 0 radical (unpaired) electrons. The van der Waals surface area contributed by atoms with E-state index in [0.717, 1.165) is 35.1 Å². The van der Waals surface area contributed by atoms with Crippen molar-refractivity contribution < 1.29 is 9.59 Å². The molecule has 0 aliphatic heterocycles. The Morgan fingerprint density at radius 1 is 1.16 bits per heavy atom. The second-order valence-corrected chi connectivity index (χ2v) is 8.09. The Morgan fingerprint density at radius 3 is 2.44 bits per heavy atom. The predicted molar refractivity (Wildman–Crippen MR) is 125 cm³/mol. The van der Waals surface area contributed by atoms with E-state index >= 15 is 0 Å². The largest absolute Gasteiger partial charge is 0.343 e. The summed E-state index contributed by atoms with van der Waals surface area (Å²) in [5.41, 5.74) is 4.12. The second kappa shape index (κ2) is 12.6. The lowest BCUT2D eigenvalue weighted by atomic mass is 9.87. The van der Waals surface area contributed by atoms with E-state index in [4.69, 9.17) is 5.26 Å². The topological polar surface area (TPSA) is 107 Å². The van der Waals surface area contributed by atoms with Gasteiger partial charge in [-0.05, 0) is 44.5 Å². The molecule has 170 valence electrons. The van der Waals surface area contributed by atoms with Gasteiger partial charge < -0.3 is 16.0 Å². The van der Waals surface area contributed by atoms with Crippen LogP contribution in [-0.2, 0) is 16.0 Å². The molecule has 0 spiro atoms. The molecule has 2 amide bonds. The van der Waals surface area contributed by atoms with Crippen molar-refractivity contribution >= 4 is 11.8 Å². The summed E-state index contributed by atoms with van der Waals surface area (Å²) in [7, 11) is 1.75. The van der Waals surface area contributed by atoms with E-state index in [-0.39, 0.29) is 24.3 Å². The summed E-state index contributed by atoms with van der Waals surface area (Å²) in [5.74, 6) is -0.707. The molecule has 32 heavy (non-hydrogen) atoms. The molecule has 0 aliphatic rings. The Labute approximate surface area is 190 Å². The molecule has 1 heterocycles. The van der Waals surface area contributed by atoms with Gasteiger partial charge in [0, 0.05) is 24.7 Å². The van der Waals surface area contributed by atoms with Gasteiger partial charge >= 0.3 is 0 Å². The Morgan fingerprint density at radius 2 is 1.88 bits per heavy atom. The third-order valence-electron chi connectivity index (χ3n) is 5.40. The van der Waals surface area contributed by atoms with E-state index in [2.05, 4.69) is 33.9 Å². The van der Waals surface area contributed by atoms with Crippen molar-refractivity contribution in [2.75, 3.05) is 13.6 Å². The molecule has 0 aliphatic carbocycles. The summed E-state index contributed by atoms with van der Waals surface area (Å²) >= 11 is 0. The second-order valence-electron chi connectivity index (χ2n) is 8.09. The van der Waals surface area contributed by atoms with Gasteiger partial charge in [-0.1, -0.05) is 48.7 Å². The summed E-state index contributed by atoms with van der Waals surface area (Å²) in [5, 5.41) is 17.5. The van der Waals surface area contributed by atoms with E-state index in [0.29, 0.717) is 6.42 Å². The van der Waals surface area contributed by atoms with Crippen molar-refractivity contribution in [1.29, 1.82) is 5.26 Å². The molecular formula is C25H33N5O2. The molecule has 0 bridgehead atoms. The maximum absolute atomic E-state index is 13.3. The number of benzene rings is 1. The summed E-state index contributed by atoms with van der Waals surface area (Å²) < 4.78 is 0. The van der Waals surface area contributed by atoms with Gasteiger partial charge in [-0.15, -0.1) is 0 Å². The Bertz CT molecular complexity index is 919. The van der Waals surface area contributed by atoms with Crippen molar-refractivity contribution in [1.82, 2.24) is 20.9 Å². The molecule has 2 aromatic rings. The molecular weight excluding hydrogens is 402 g/mol. The molecule has 0 fully saturated rings. The zero-order valence-corrected chi connectivity index (χ0v) is 19.3. The molecule has 1 aromatic heterocycles. The Kier molecular flexibility index (Phi) is 9.83. The van der Waals surface area contributed by atoms with Crippen LogP contribution in [0.5, 0.6) is 0 Å². The Balaban J connectivity index is 2.27. The van der Waals surface area contributed by atoms with Crippen molar-refractivity contribution in [3.63, 3.8) is 0 Å². The zero-order valence-electron chi connectivity index (χ0n) is 19.3.